The van der Waals surface area contributed by atoms with E-state index < -0.39 is 0 Å². The summed E-state index contributed by atoms with van der Waals surface area (Å²) in [6.45, 7) is 7.11. The van der Waals surface area contributed by atoms with E-state index in [0.717, 1.165) is 31.9 Å². The molecule has 2 nitrogen and oxygen atoms in total. The third-order valence-corrected chi connectivity index (χ3v) is 2.15. The van der Waals surface area contributed by atoms with Crippen LogP contribution in [-0.2, 0) is 6.54 Å². The largest absolute Gasteiger partial charge is 0.494 e. The van der Waals surface area contributed by atoms with Gasteiger partial charge in [-0.1, -0.05) is 26.0 Å². The summed E-state index contributed by atoms with van der Waals surface area (Å²) in [6.07, 6.45) is 2.23. The Hall–Kier alpha value is -1.02. The molecule has 1 rings (SSSR count). The summed E-state index contributed by atoms with van der Waals surface area (Å²) < 4.78 is 5.52. The minimum atomic E-state index is 0.799. The molecule has 0 unspecified atom stereocenters. The average Bonchev–Trinajstić information content (AvgIpc) is 2.28. The molecule has 0 atom stereocenters. The van der Waals surface area contributed by atoms with Gasteiger partial charge in [-0.3, -0.25) is 0 Å². The normalized spacial score (nSPS) is 10.3. The van der Waals surface area contributed by atoms with Crippen molar-refractivity contribution in [1.82, 2.24) is 5.32 Å². The first-order valence-electron chi connectivity index (χ1n) is 5.79. The van der Waals surface area contributed by atoms with Crippen molar-refractivity contribution in [1.29, 1.82) is 0 Å². The van der Waals surface area contributed by atoms with Crippen LogP contribution in [0.3, 0.4) is 0 Å². The van der Waals surface area contributed by atoms with Crippen LogP contribution in [0.5, 0.6) is 5.75 Å². The lowest BCUT2D eigenvalue weighted by molar-refractivity contribution is 0.317. The molecule has 0 radical (unpaired) electrons. The molecule has 0 bridgehead atoms. The number of hydrogen-bond acceptors (Lipinski definition) is 2. The molecule has 0 aliphatic heterocycles. The second kappa shape index (κ2) is 7.30. The predicted octanol–water partition coefficient (Wildman–Crippen LogP) is 2.98. The van der Waals surface area contributed by atoms with Crippen LogP contribution in [-0.4, -0.2) is 13.2 Å². The van der Waals surface area contributed by atoms with Crippen molar-refractivity contribution in [2.75, 3.05) is 13.2 Å². The van der Waals surface area contributed by atoms with Crippen LogP contribution in [0.2, 0.25) is 0 Å². The lowest BCUT2D eigenvalue weighted by atomic mass is 10.2. The van der Waals surface area contributed by atoms with Gasteiger partial charge in [0.15, 0.2) is 0 Å². The molecular weight excluding hydrogens is 186 g/mol. The molecule has 2 heteroatoms. The molecule has 0 saturated heterocycles. The fraction of sp³-hybridized carbons (Fsp3) is 0.538. The van der Waals surface area contributed by atoms with Gasteiger partial charge >= 0.3 is 0 Å². The van der Waals surface area contributed by atoms with E-state index in [0.29, 0.717) is 0 Å². The van der Waals surface area contributed by atoms with E-state index in [1.807, 2.05) is 12.1 Å². The summed E-state index contributed by atoms with van der Waals surface area (Å²) in [5, 5.41) is 3.37. The lowest BCUT2D eigenvalue weighted by Gasteiger charge is -2.06. The first-order chi connectivity index (χ1) is 7.36. The molecule has 1 N–H and O–H groups in total. The Labute approximate surface area is 92.6 Å². The van der Waals surface area contributed by atoms with E-state index in [2.05, 4.69) is 31.3 Å². The van der Waals surface area contributed by atoms with E-state index in [9.17, 15) is 0 Å². The highest BCUT2D eigenvalue weighted by Gasteiger charge is 1.94. The molecular formula is C13H21NO. The highest BCUT2D eigenvalue weighted by molar-refractivity contribution is 5.27. The van der Waals surface area contributed by atoms with E-state index in [4.69, 9.17) is 4.74 Å². The average molecular weight is 207 g/mol. The smallest absolute Gasteiger partial charge is 0.119 e. The van der Waals surface area contributed by atoms with Crippen LogP contribution in [0, 0.1) is 0 Å². The van der Waals surface area contributed by atoms with Crippen LogP contribution in [0.1, 0.15) is 32.3 Å². The molecule has 0 fully saturated rings. The zero-order valence-corrected chi connectivity index (χ0v) is 9.75. The topological polar surface area (TPSA) is 21.3 Å². The minimum Gasteiger partial charge on any atom is -0.494 e. The van der Waals surface area contributed by atoms with Gasteiger partial charge in [-0.15, -0.1) is 0 Å². The highest BCUT2D eigenvalue weighted by atomic mass is 16.5. The Kier molecular flexibility index (Phi) is 5.86. The van der Waals surface area contributed by atoms with Gasteiger partial charge in [-0.25, -0.2) is 0 Å². The number of rotatable bonds is 7. The Morgan fingerprint density at radius 2 is 1.80 bits per heavy atom. The van der Waals surface area contributed by atoms with Crippen molar-refractivity contribution < 1.29 is 4.74 Å². The molecule has 0 aromatic heterocycles. The lowest BCUT2D eigenvalue weighted by Crippen LogP contribution is -2.13. The maximum atomic E-state index is 5.52. The van der Waals surface area contributed by atoms with Crippen molar-refractivity contribution in [2.45, 2.75) is 33.2 Å². The third-order valence-electron chi connectivity index (χ3n) is 2.15. The maximum absolute atomic E-state index is 5.52. The molecule has 1 aromatic carbocycles. The van der Waals surface area contributed by atoms with Crippen LogP contribution in [0.25, 0.3) is 0 Å². The standard InChI is InChI=1S/C13H21NO/c1-3-9-14-11-12-5-7-13(8-6-12)15-10-4-2/h5-8,14H,3-4,9-11H2,1-2H3. The maximum Gasteiger partial charge on any atom is 0.119 e. The SMILES string of the molecule is CCCNCc1ccc(OCCC)cc1. The quantitative estimate of drug-likeness (QED) is 0.694. The number of hydrogen-bond donors (Lipinski definition) is 1. The number of benzene rings is 1. The Bertz CT molecular complexity index is 256. The van der Waals surface area contributed by atoms with Crippen molar-refractivity contribution >= 4 is 0 Å². The first kappa shape index (κ1) is 12.1. The van der Waals surface area contributed by atoms with E-state index in [1.54, 1.807) is 0 Å². The Morgan fingerprint density at radius 1 is 1.07 bits per heavy atom. The molecule has 15 heavy (non-hydrogen) atoms. The first-order valence-corrected chi connectivity index (χ1v) is 5.79. The molecule has 0 aliphatic rings. The summed E-state index contributed by atoms with van der Waals surface area (Å²) in [4.78, 5) is 0. The van der Waals surface area contributed by atoms with Gasteiger partial charge in [0.2, 0.25) is 0 Å². The van der Waals surface area contributed by atoms with E-state index >= 15 is 0 Å². The van der Waals surface area contributed by atoms with Crippen molar-refractivity contribution in [3.8, 4) is 5.75 Å². The molecule has 84 valence electrons. The third kappa shape index (κ3) is 4.84. The van der Waals surface area contributed by atoms with Gasteiger partial charge in [0.25, 0.3) is 0 Å². The van der Waals surface area contributed by atoms with E-state index in [-0.39, 0.29) is 0 Å². The van der Waals surface area contributed by atoms with Gasteiger partial charge in [0, 0.05) is 6.54 Å². The Balaban J connectivity index is 2.35. The second-order valence-electron chi connectivity index (χ2n) is 3.67. The van der Waals surface area contributed by atoms with Crippen molar-refractivity contribution in [3.63, 3.8) is 0 Å². The van der Waals surface area contributed by atoms with Gasteiger partial charge in [0.1, 0.15) is 5.75 Å². The Morgan fingerprint density at radius 3 is 2.40 bits per heavy atom. The van der Waals surface area contributed by atoms with Crippen molar-refractivity contribution in [2.24, 2.45) is 0 Å². The van der Waals surface area contributed by atoms with Crippen molar-refractivity contribution in [3.05, 3.63) is 29.8 Å². The fourth-order valence-corrected chi connectivity index (χ4v) is 1.33. The van der Waals surface area contributed by atoms with Gasteiger partial charge in [-0.05, 0) is 37.1 Å². The molecule has 0 aliphatic carbocycles. The van der Waals surface area contributed by atoms with Crippen LogP contribution < -0.4 is 10.1 Å². The summed E-state index contributed by atoms with van der Waals surface area (Å²) in [7, 11) is 0. The molecule has 0 spiro atoms. The van der Waals surface area contributed by atoms with E-state index in [1.165, 1.54) is 12.0 Å². The zero-order valence-electron chi connectivity index (χ0n) is 9.75. The molecule has 0 amide bonds. The van der Waals surface area contributed by atoms with Crippen LogP contribution >= 0.6 is 0 Å². The molecule has 1 aromatic rings. The van der Waals surface area contributed by atoms with Crippen LogP contribution in [0.15, 0.2) is 24.3 Å². The zero-order chi connectivity index (χ0) is 10.9. The fourth-order valence-electron chi connectivity index (χ4n) is 1.33. The summed E-state index contributed by atoms with van der Waals surface area (Å²) >= 11 is 0. The number of nitrogens with one attached hydrogen (secondary N) is 1. The summed E-state index contributed by atoms with van der Waals surface area (Å²) in [5.74, 6) is 0.969. The minimum absolute atomic E-state index is 0.799. The summed E-state index contributed by atoms with van der Waals surface area (Å²) in [5.41, 5.74) is 1.31. The predicted molar refractivity (Wildman–Crippen MR) is 64.2 cm³/mol. The van der Waals surface area contributed by atoms with Gasteiger partial charge < -0.3 is 10.1 Å². The second-order valence-corrected chi connectivity index (χ2v) is 3.67. The van der Waals surface area contributed by atoms with Crippen LogP contribution in [0.4, 0.5) is 0 Å². The van der Waals surface area contributed by atoms with Gasteiger partial charge in [-0.2, -0.15) is 0 Å². The number of ether oxygens (including phenoxy) is 1. The molecule has 0 saturated carbocycles. The van der Waals surface area contributed by atoms with Gasteiger partial charge in [0.05, 0.1) is 6.61 Å². The highest BCUT2D eigenvalue weighted by Crippen LogP contribution is 2.12. The summed E-state index contributed by atoms with van der Waals surface area (Å²) in [6, 6.07) is 8.32. The monoisotopic (exact) mass is 207 g/mol. The molecule has 0 heterocycles.